The van der Waals surface area contributed by atoms with Crippen LogP contribution in [0.5, 0.6) is 0 Å². The molecule has 3 aliphatic carbocycles. The number of rotatable bonds is 7. The van der Waals surface area contributed by atoms with Gasteiger partial charge in [-0.25, -0.2) is 0 Å². The van der Waals surface area contributed by atoms with E-state index >= 15 is 0 Å². The summed E-state index contributed by atoms with van der Waals surface area (Å²) in [7, 11) is 0. The van der Waals surface area contributed by atoms with Crippen molar-refractivity contribution >= 4 is 44.9 Å². The Balaban J connectivity index is 0.857. The maximum absolute atomic E-state index is 2.51. The van der Waals surface area contributed by atoms with Gasteiger partial charge in [-0.1, -0.05) is 237 Å². The molecule has 1 unspecified atom stereocenters. The summed E-state index contributed by atoms with van der Waals surface area (Å²) in [5, 5.41) is 2.43. The van der Waals surface area contributed by atoms with Gasteiger partial charge in [0.25, 0.3) is 0 Å². The summed E-state index contributed by atoms with van der Waals surface area (Å²) in [4.78, 5) is 4.95. The van der Waals surface area contributed by atoms with Crippen LogP contribution in [0.15, 0.2) is 303 Å². The Morgan fingerprint density at radius 3 is 1.46 bits per heavy atom. The summed E-state index contributed by atoms with van der Waals surface area (Å²) in [5.74, 6) is 0. The number of para-hydroxylation sites is 2. The van der Waals surface area contributed by atoms with Crippen molar-refractivity contribution in [1.82, 2.24) is 0 Å². The molecule has 2 nitrogen and oxygen atoms in total. The molecule has 0 radical (unpaired) electrons. The van der Waals surface area contributed by atoms with Gasteiger partial charge in [0.05, 0.1) is 22.2 Å². The topological polar surface area (TPSA) is 6.48 Å². The molecule has 1 atom stereocenters. The van der Waals surface area contributed by atoms with E-state index in [0.29, 0.717) is 0 Å². The first-order chi connectivity index (χ1) is 39.7. The first kappa shape index (κ1) is 44.8. The summed E-state index contributed by atoms with van der Waals surface area (Å²) in [6, 6.07) is 114. The molecule has 0 bridgehead atoms. The van der Waals surface area contributed by atoms with Crippen LogP contribution in [0.25, 0.3) is 66.4 Å². The standard InChI is InChI=1S/C78H50N2/c1-4-21-53(22-5-1)61-46-47-74-76-75(61)66-44-39-55(49-71(66)77(76,56-24-6-2-7-25-56)70-34-18-19-35-73(70)80(74)57-26-8-3-9-27-57)52-36-40-58(41-37-52)79(59-42-38-51-20-10-11-23-54(51)48-59)60-43-45-65-64-30-14-17-33-69(64)78(72(65)50-60)67-31-15-12-28-62(67)63-29-13-16-32-68(63)78/h1-50H. The molecule has 0 amide bonds. The Kier molecular flexibility index (Phi) is 9.58. The van der Waals surface area contributed by atoms with Crippen LogP contribution < -0.4 is 9.80 Å². The summed E-state index contributed by atoms with van der Waals surface area (Å²) in [6.07, 6.45) is 0. The van der Waals surface area contributed by atoms with Crippen molar-refractivity contribution in [1.29, 1.82) is 0 Å². The molecule has 4 aliphatic rings. The molecule has 2 heteroatoms. The van der Waals surface area contributed by atoms with E-state index in [4.69, 9.17) is 0 Å². The second-order valence-electron chi connectivity index (χ2n) is 21.8. The van der Waals surface area contributed by atoms with Crippen LogP contribution in [0.4, 0.5) is 34.1 Å². The Morgan fingerprint density at radius 2 is 0.762 bits per heavy atom. The van der Waals surface area contributed by atoms with Gasteiger partial charge >= 0.3 is 0 Å². The van der Waals surface area contributed by atoms with Gasteiger partial charge in [0, 0.05) is 28.3 Å². The van der Waals surface area contributed by atoms with Crippen molar-refractivity contribution in [2.75, 3.05) is 9.80 Å². The smallest absolute Gasteiger partial charge is 0.0754 e. The van der Waals surface area contributed by atoms with Crippen LogP contribution in [-0.4, -0.2) is 0 Å². The van der Waals surface area contributed by atoms with Gasteiger partial charge in [0.1, 0.15) is 0 Å². The monoisotopic (exact) mass is 1010 g/mol. The highest BCUT2D eigenvalue weighted by molar-refractivity contribution is 6.05. The number of hydrogen-bond donors (Lipinski definition) is 0. The van der Waals surface area contributed by atoms with E-state index in [-0.39, 0.29) is 0 Å². The molecule has 0 fully saturated rings. The van der Waals surface area contributed by atoms with Gasteiger partial charge in [-0.15, -0.1) is 0 Å². The fourth-order valence-corrected chi connectivity index (χ4v) is 14.9. The van der Waals surface area contributed by atoms with Gasteiger partial charge in [-0.05, 0) is 172 Å². The van der Waals surface area contributed by atoms with Crippen LogP contribution in [0.2, 0.25) is 0 Å². The Labute approximate surface area is 466 Å². The number of anilines is 6. The molecule has 13 aromatic rings. The molecule has 1 aliphatic heterocycles. The molecule has 13 aromatic carbocycles. The van der Waals surface area contributed by atoms with Gasteiger partial charge in [0.2, 0.25) is 0 Å². The van der Waals surface area contributed by atoms with Gasteiger partial charge in [-0.3, -0.25) is 0 Å². The average Bonchev–Trinajstić information content (AvgIpc) is 4.16. The summed E-state index contributed by atoms with van der Waals surface area (Å²) in [5.41, 5.74) is 28.8. The zero-order valence-electron chi connectivity index (χ0n) is 43.8. The highest BCUT2D eigenvalue weighted by Gasteiger charge is 2.54. The minimum absolute atomic E-state index is 0.459. The molecule has 372 valence electrons. The van der Waals surface area contributed by atoms with E-state index in [9.17, 15) is 0 Å². The normalized spacial score (nSPS) is 15.1. The van der Waals surface area contributed by atoms with Gasteiger partial charge < -0.3 is 9.80 Å². The lowest BCUT2D eigenvalue weighted by Crippen LogP contribution is -2.36. The molecule has 1 heterocycles. The van der Waals surface area contributed by atoms with E-state index in [0.717, 1.165) is 28.3 Å². The second kappa shape index (κ2) is 17.1. The minimum atomic E-state index is -0.609. The predicted molar refractivity (Wildman–Crippen MR) is 331 cm³/mol. The van der Waals surface area contributed by atoms with Crippen molar-refractivity contribution < 1.29 is 0 Å². The average molecular weight is 1020 g/mol. The lowest BCUT2D eigenvalue weighted by atomic mass is 9.64. The Hall–Kier alpha value is -10.3. The fourth-order valence-electron chi connectivity index (χ4n) is 14.9. The van der Waals surface area contributed by atoms with Crippen molar-refractivity contribution in [3.8, 4) is 55.6 Å². The lowest BCUT2D eigenvalue weighted by Gasteiger charge is -2.45. The molecule has 17 rings (SSSR count). The first-order valence-electron chi connectivity index (χ1n) is 27.9. The number of nitrogens with zero attached hydrogens (tertiary/aromatic N) is 2. The van der Waals surface area contributed by atoms with E-state index in [1.165, 1.54) is 117 Å². The van der Waals surface area contributed by atoms with Crippen LogP contribution in [0, 0.1) is 0 Å². The van der Waals surface area contributed by atoms with E-state index in [1.807, 2.05) is 0 Å². The Bertz CT molecular complexity index is 4590. The Morgan fingerprint density at radius 1 is 0.263 bits per heavy atom. The quantitative estimate of drug-likeness (QED) is 0.157. The molecule has 0 saturated carbocycles. The zero-order valence-corrected chi connectivity index (χ0v) is 43.8. The first-order valence-corrected chi connectivity index (χ1v) is 27.9. The van der Waals surface area contributed by atoms with E-state index in [2.05, 4.69) is 313 Å². The number of benzene rings is 13. The van der Waals surface area contributed by atoms with Gasteiger partial charge in [0.15, 0.2) is 0 Å². The van der Waals surface area contributed by atoms with Crippen LogP contribution in [-0.2, 0) is 10.8 Å². The second-order valence-corrected chi connectivity index (χ2v) is 21.8. The van der Waals surface area contributed by atoms with E-state index < -0.39 is 10.8 Å². The van der Waals surface area contributed by atoms with Crippen molar-refractivity contribution in [2.24, 2.45) is 0 Å². The minimum Gasteiger partial charge on any atom is -0.310 e. The SMILES string of the molecule is c1ccc(-c2ccc3c4c2-c2ccc(-c5ccc(N(c6ccc7c(c6)C6(c8ccccc8-c8ccccc86)c6ccccc6-7)c6ccc7ccccc7c6)cc5)cc2C4(c2ccccc2)c2ccccc2N3c2ccccc2)cc1. The third-order valence-corrected chi connectivity index (χ3v) is 18.0. The highest BCUT2D eigenvalue weighted by atomic mass is 15.2. The summed E-state index contributed by atoms with van der Waals surface area (Å²) >= 11 is 0. The molecule has 0 aromatic heterocycles. The number of fused-ring (bicyclic) bond motifs is 16. The molecule has 0 N–H and O–H groups in total. The zero-order chi connectivity index (χ0) is 52.5. The fraction of sp³-hybridized carbons (Fsp3) is 0.0256. The number of hydrogen-bond acceptors (Lipinski definition) is 2. The molecular weight excluding hydrogens is 965 g/mol. The molecule has 80 heavy (non-hydrogen) atoms. The third-order valence-electron chi connectivity index (χ3n) is 18.0. The molecule has 0 saturated heterocycles. The van der Waals surface area contributed by atoms with Crippen molar-refractivity contribution in [3.63, 3.8) is 0 Å². The maximum atomic E-state index is 2.51. The highest BCUT2D eigenvalue weighted by Crippen LogP contribution is 2.67. The maximum Gasteiger partial charge on any atom is 0.0754 e. The lowest BCUT2D eigenvalue weighted by molar-refractivity contribution is 0.754. The predicted octanol–water partition coefficient (Wildman–Crippen LogP) is 20.1. The van der Waals surface area contributed by atoms with Crippen LogP contribution in [0.1, 0.15) is 44.5 Å². The van der Waals surface area contributed by atoms with Crippen molar-refractivity contribution in [3.05, 3.63) is 348 Å². The van der Waals surface area contributed by atoms with Crippen LogP contribution in [0.3, 0.4) is 0 Å². The van der Waals surface area contributed by atoms with Gasteiger partial charge in [-0.2, -0.15) is 0 Å². The molecule has 1 spiro atoms. The van der Waals surface area contributed by atoms with E-state index in [1.54, 1.807) is 0 Å². The van der Waals surface area contributed by atoms with Crippen LogP contribution >= 0.6 is 0 Å². The third kappa shape index (κ3) is 6.08. The largest absolute Gasteiger partial charge is 0.310 e. The summed E-state index contributed by atoms with van der Waals surface area (Å²) in [6.45, 7) is 0. The summed E-state index contributed by atoms with van der Waals surface area (Å²) < 4.78 is 0. The van der Waals surface area contributed by atoms with Crippen molar-refractivity contribution in [2.45, 2.75) is 10.8 Å². The molecular formula is C78H50N2.